The van der Waals surface area contributed by atoms with Crippen LogP contribution in [0.15, 0.2) is 58.8 Å². The second-order valence-electron chi connectivity index (χ2n) is 6.45. The van der Waals surface area contributed by atoms with Crippen LogP contribution in [0.4, 0.5) is 10.8 Å². The standard InChI is InChI=1S/C21H22N4O2S2/c1-25(2)16-8-4-6-14(10-16)18-13-29-21(23-18)24-19(26)12-22-20(27)15-7-5-9-17(11-15)28-3/h4-11,13H,12H2,1-3H3,(H,22,27)(H,23,24,26). The smallest absolute Gasteiger partial charge is 0.251 e. The van der Waals surface area contributed by atoms with Crippen LogP contribution in [-0.2, 0) is 4.79 Å². The molecule has 0 saturated heterocycles. The third kappa shape index (κ3) is 5.58. The number of nitrogens with zero attached hydrogens (tertiary/aromatic N) is 2. The number of hydrogen-bond donors (Lipinski definition) is 2. The summed E-state index contributed by atoms with van der Waals surface area (Å²) in [6.45, 7) is -0.118. The summed E-state index contributed by atoms with van der Waals surface area (Å²) in [4.78, 5) is 31.9. The van der Waals surface area contributed by atoms with Crippen molar-refractivity contribution in [1.82, 2.24) is 10.3 Å². The molecule has 1 heterocycles. The number of aromatic nitrogens is 1. The van der Waals surface area contributed by atoms with E-state index in [0.717, 1.165) is 21.8 Å². The lowest BCUT2D eigenvalue weighted by atomic mass is 10.1. The number of carbonyl (C=O) groups is 2. The van der Waals surface area contributed by atoms with Crippen molar-refractivity contribution in [3.05, 3.63) is 59.5 Å². The summed E-state index contributed by atoms with van der Waals surface area (Å²) in [6, 6.07) is 15.3. The highest BCUT2D eigenvalue weighted by Gasteiger charge is 2.11. The zero-order chi connectivity index (χ0) is 20.8. The van der Waals surface area contributed by atoms with Gasteiger partial charge >= 0.3 is 0 Å². The highest BCUT2D eigenvalue weighted by Crippen LogP contribution is 2.27. The highest BCUT2D eigenvalue weighted by molar-refractivity contribution is 7.98. The Balaban J connectivity index is 1.57. The summed E-state index contributed by atoms with van der Waals surface area (Å²) in [7, 11) is 3.97. The lowest BCUT2D eigenvalue weighted by Crippen LogP contribution is -2.32. The van der Waals surface area contributed by atoms with Gasteiger partial charge in [0.05, 0.1) is 12.2 Å². The molecule has 0 aliphatic rings. The third-order valence-corrected chi connectivity index (χ3v) is 5.63. The Labute approximate surface area is 178 Å². The van der Waals surface area contributed by atoms with Gasteiger partial charge in [0, 0.05) is 41.2 Å². The molecule has 0 aliphatic heterocycles. The fourth-order valence-electron chi connectivity index (χ4n) is 2.60. The first-order valence-electron chi connectivity index (χ1n) is 8.91. The molecule has 0 aliphatic carbocycles. The summed E-state index contributed by atoms with van der Waals surface area (Å²) in [5, 5.41) is 7.78. The number of carbonyl (C=O) groups excluding carboxylic acids is 2. The average molecular weight is 427 g/mol. The lowest BCUT2D eigenvalue weighted by Gasteiger charge is -2.12. The van der Waals surface area contributed by atoms with Gasteiger partial charge in [0.2, 0.25) is 5.91 Å². The van der Waals surface area contributed by atoms with E-state index < -0.39 is 0 Å². The predicted molar refractivity (Wildman–Crippen MR) is 121 cm³/mol. The molecule has 0 bridgehead atoms. The molecule has 0 spiro atoms. The van der Waals surface area contributed by atoms with E-state index in [1.54, 1.807) is 23.9 Å². The minimum Gasteiger partial charge on any atom is -0.378 e. The number of anilines is 2. The molecule has 2 amide bonds. The van der Waals surface area contributed by atoms with Gasteiger partial charge < -0.3 is 15.5 Å². The number of nitrogens with one attached hydrogen (secondary N) is 2. The second kappa shape index (κ2) is 9.58. The van der Waals surface area contributed by atoms with Crippen LogP contribution in [0.2, 0.25) is 0 Å². The van der Waals surface area contributed by atoms with E-state index in [1.807, 2.05) is 67.0 Å². The molecule has 2 N–H and O–H groups in total. The fourth-order valence-corrected chi connectivity index (χ4v) is 3.79. The number of benzene rings is 2. The van der Waals surface area contributed by atoms with Gasteiger partial charge in [-0.3, -0.25) is 9.59 Å². The molecule has 6 nitrogen and oxygen atoms in total. The average Bonchev–Trinajstić information content (AvgIpc) is 3.20. The molecule has 29 heavy (non-hydrogen) atoms. The quantitative estimate of drug-likeness (QED) is 0.559. The van der Waals surface area contributed by atoms with Crippen molar-refractivity contribution in [3.8, 4) is 11.3 Å². The minimum absolute atomic E-state index is 0.118. The highest BCUT2D eigenvalue weighted by atomic mass is 32.2. The maximum Gasteiger partial charge on any atom is 0.251 e. The van der Waals surface area contributed by atoms with E-state index in [4.69, 9.17) is 0 Å². The van der Waals surface area contributed by atoms with E-state index in [0.29, 0.717) is 10.7 Å². The van der Waals surface area contributed by atoms with Crippen LogP contribution < -0.4 is 15.5 Å². The predicted octanol–water partition coefficient (Wildman–Crippen LogP) is 3.97. The zero-order valence-corrected chi connectivity index (χ0v) is 18.1. The summed E-state index contributed by atoms with van der Waals surface area (Å²) >= 11 is 2.91. The Kier molecular flexibility index (Phi) is 6.90. The van der Waals surface area contributed by atoms with Crippen LogP contribution in [0.1, 0.15) is 10.4 Å². The van der Waals surface area contributed by atoms with Gasteiger partial charge in [0.25, 0.3) is 5.91 Å². The first kappa shape index (κ1) is 20.9. The number of thiazole rings is 1. The topological polar surface area (TPSA) is 74.3 Å². The van der Waals surface area contributed by atoms with E-state index >= 15 is 0 Å². The fraction of sp³-hybridized carbons (Fsp3) is 0.190. The van der Waals surface area contributed by atoms with E-state index in [2.05, 4.69) is 15.6 Å². The summed E-state index contributed by atoms with van der Waals surface area (Å²) in [6.07, 6.45) is 1.95. The van der Waals surface area contributed by atoms with Crippen molar-refractivity contribution in [2.75, 3.05) is 37.1 Å². The van der Waals surface area contributed by atoms with Gasteiger partial charge in [-0.2, -0.15) is 0 Å². The van der Waals surface area contributed by atoms with Gasteiger partial charge in [-0.1, -0.05) is 18.2 Å². The maximum absolute atomic E-state index is 12.2. The van der Waals surface area contributed by atoms with Gasteiger partial charge in [-0.25, -0.2) is 4.98 Å². The molecule has 0 fully saturated rings. The molecule has 8 heteroatoms. The van der Waals surface area contributed by atoms with Crippen molar-refractivity contribution in [2.45, 2.75) is 4.90 Å². The number of amides is 2. The molecule has 3 aromatic rings. The van der Waals surface area contributed by atoms with Crippen LogP contribution >= 0.6 is 23.1 Å². The van der Waals surface area contributed by atoms with Crippen molar-refractivity contribution >= 4 is 45.7 Å². The summed E-state index contributed by atoms with van der Waals surface area (Å²) in [5.41, 5.74) is 3.39. The summed E-state index contributed by atoms with van der Waals surface area (Å²) in [5.74, 6) is -0.598. The van der Waals surface area contributed by atoms with Crippen LogP contribution in [0.25, 0.3) is 11.3 Å². The molecule has 1 aromatic heterocycles. The Hall–Kier alpha value is -2.84. The number of thioether (sulfide) groups is 1. The van der Waals surface area contributed by atoms with Crippen molar-refractivity contribution in [1.29, 1.82) is 0 Å². The monoisotopic (exact) mass is 426 g/mol. The molecule has 0 radical (unpaired) electrons. The van der Waals surface area contributed by atoms with Crippen molar-refractivity contribution in [2.24, 2.45) is 0 Å². The number of rotatable bonds is 7. The second-order valence-corrected chi connectivity index (χ2v) is 8.18. The molecule has 0 atom stereocenters. The normalized spacial score (nSPS) is 10.4. The Morgan fingerprint density at radius 3 is 2.69 bits per heavy atom. The molecule has 0 unspecified atom stereocenters. The largest absolute Gasteiger partial charge is 0.378 e. The van der Waals surface area contributed by atoms with Gasteiger partial charge in [-0.05, 0) is 36.6 Å². The van der Waals surface area contributed by atoms with Crippen molar-refractivity contribution in [3.63, 3.8) is 0 Å². The van der Waals surface area contributed by atoms with Crippen LogP contribution in [0.5, 0.6) is 0 Å². The molecule has 3 rings (SSSR count). The molecule has 0 saturated carbocycles. The van der Waals surface area contributed by atoms with E-state index in [9.17, 15) is 9.59 Å². The molecule has 150 valence electrons. The minimum atomic E-state index is -0.317. The lowest BCUT2D eigenvalue weighted by molar-refractivity contribution is -0.115. The Morgan fingerprint density at radius 2 is 1.93 bits per heavy atom. The third-order valence-electron chi connectivity index (χ3n) is 4.15. The SMILES string of the molecule is CSc1cccc(C(=O)NCC(=O)Nc2nc(-c3cccc(N(C)C)c3)cs2)c1. The van der Waals surface area contributed by atoms with E-state index in [1.165, 1.54) is 11.3 Å². The van der Waals surface area contributed by atoms with Crippen LogP contribution in [-0.4, -0.2) is 43.7 Å². The first-order chi connectivity index (χ1) is 14.0. The number of hydrogen-bond acceptors (Lipinski definition) is 6. The Morgan fingerprint density at radius 1 is 1.14 bits per heavy atom. The van der Waals surface area contributed by atoms with Crippen LogP contribution in [0, 0.1) is 0 Å². The van der Waals surface area contributed by atoms with Gasteiger partial charge in [-0.15, -0.1) is 23.1 Å². The van der Waals surface area contributed by atoms with E-state index in [-0.39, 0.29) is 18.4 Å². The van der Waals surface area contributed by atoms with Gasteiger partial charge in [0.1, 0.15) is 0 Å². The van der Waals surface area contributed by atoms with Crippen molar-refractivity contribution < 1.29 is 9.59 Å². The summed E-state index contributed by atoms with van der Waals surface area (Å²) < 4.78 is 0. The molecular formula is C21H22N4O2S2. The maximum atomic E-state index is 12.2. The first-order valence-corrected chi connectivity index (χ1v) is 11.0. The molecule has 2 aromatic carbocycles. The van der Waals surface area contributed by atoms with Gasteiger partial charge in [0.15, 0.2) is 5.13 Å². The van der Waals surface area contributed by atoms with Crippen LogP contribution in [0.3, 0.4) is 0 Å². The Bertz CT molecular complexity index is 1020. The zero-order valence-electron chi connectivity index (χ0n) is 16.4. The molecular weight excluding hydrogens is 404 g/mol.